The number of halogens is 1. The maximum Gasteiger partial charge on any atom is 0.254 e. The third-order valence-electron chi connectivity index (χ3n) is 5.36. The largest absolute Gasteiger partial charge is 0.467 e. The molecule has 0 atom stereocenters. The molecular formula is C25H25BrN2O6. The van der Waals surface area contributed by atoms with Gasteiger partial charge in [-0.2, -0.15) is 0 Å². The lowest BCUT2D eigenvalue weighted by molar-refractivity contribution is -0.133. The van der Waals surface area contributed by atoms with Crippen molar-refractivity contribution in [2.45, 2.75) is 13.1 Å². The van der Waals surface area contributed by atoms with E-state index in [1.54, 1.807) is 48.6 Å². The van der Waals surface area contributed by atoms with E-state index in [1.807, 2.05) is 24.3 Å². The molecule has 0 aliphatic carbocycles. The summed E-state index contributed by atoms with van der Waals surface area (Å²) >= 11 is 3.38. The van der Waals surface area contributed by atoms with E-state index in [0.29, 0.717) is 36.0 Å². The van der Waals surface area contributed by atoms with Crippen LogP contribution in [-0.4, -0.2) is 55.2 Å². The quantitative estimate of drug-likeness (QED) is 0.394. The van der Waals surface area contributed by atoms with Gasteiger partial charge in [0.05, 0.1) is 19.4 Å². The molecule has 0 saturated carbocycles. The first-order chi connectivity index (χ1) is 16.5. The molecule has 0 saturated heterocycles. The molecule has 8 nitrogen and oxygen atoms in total. The van der Waals surface area contributed by atoms with Crippen LogP contribution in [-0.2, 0) is 22.6 Å². The Kier molecular flexibility index (Phi) is 7.87. The highest BCUT2D eigenvalue weighted by Gasteiger charge is 2.24. The first-order valence-electron chi connectivity index (χ1n) is 10.8. The van der Waals surface area contributed by atoms with Crippen LogP contribution in [0.1, 0.15) is 21.7 Å². The van der Waals surface area contributed by atoms with Crippen molar-refractivity contribution in [3.8, 4) is 11.5 Å². The summed E-state index contributed by atoms with van der Waals surface area (Å²) in [6.45, 7) is 1.28. The van der Waals surface area contributed by atoms with Crippen LogP contribution in [0.25, 0.3) is 0 Å². The zero-order valence-electron chi connectivity index (χ0n) is 18.7. The number of furan rings is 1. The van der Waals surface area contributed by atoms with E-state index in [4.69, 9.17) is 18.6 Å². The van der Waals surface area contributed by atoms with E-state index >= 15 is 0 Å². The number of fused-ring (bicyclic) bond motifs is 1. The average molecular weight is 529 g/mol. The van der Waals surface area contributed by atoms with Crippen molar-refractivity contribution in [2.75, 3.05) is 33.6 Å². The normalized spacial score (nSPS) is 11.9. The highest BCUT2D eigenvalue weighted by molar-refractivity contribution is 9.10. The van der Waals surface area contributed by atoms with Gasteiger partial charge in [-0.25, -0.2) is 0 Å². The van der Waals surface area contributed by atoms with Crippen molar-refractivity contribution < 1.29 is 28.2 Å². The van der Waals surface area contributed by atoms with Crippen molar-refractivity contribution in [2.24, 2.45) is 0 Å². The Morgan fingerprint density at radius 1 is 1.00 bits per heavy atom. The second-order valence-corrected chi connectivity index (χ2v) is 8.66. The minimum Gasteiger partial charge on any atom is -0.467 e. The highest BCUT2D eigenvalue weighted by Crippen LogP contribution is 2.33. The standard InChI is InChI=1S/C25H25BrN2O6/c1-31-12-10-27(25(30)19-5-7-20(26)8-6-19)16-24(29)28(15-21-3-2-11-32-21)14-18-4-9-22-23(13-18)34-17-33-22/h2-9,11,13H,10,12,14-17H2,1H3. The molecule has 2 amide bonds. The van der Waals surface area contributed by atoms with Gasteiger partial charge in [-0.3, -0.25) is 9.59 Å². The fraction of sp³-hybridized carbons (Fsp3) is 0.280. The van der Waals surface area contributed by atoms with E-state index in [1.165, 1.54) is 4.90 Å². The summed E-state index contributed by atoms with van der Waals surface area (Å²) in [5.74, 6) is 1.53. The summed E-state index contributed by atoms with van der Waals surface area (Å²) in [4.78, 5) is 29.8. The number of methoxy groups -OCH3 is 1. The number of hydrogen-bond acceptors (Lipinski definition) is 6. The van der Waals surface area contributed by atoms with E-state index < -0.39 is 0 Å². The molecule has 0 spiro atoms. The molecule has 4 rings (SSSR count). The summed E-state index contributed by atoms with van der Waals surface area (Å²) in [6.07, 6.45) is 1.57. The fourth-order valence-corrected chi connectivity index (χ4v) is 3.84. The molecule has 9 heteroatoms. The molecule has 1 aliphatic rings. The first-order valence-corrected chi connectivity index (χ1v) is 11.6. The monoisotopic (exact) mass is 528 g/mol. The Bertz CT molecular complexity index is 1120. The van der Waals surface area contributed by atoms with Gasteiger partial charge in [0.15, 0.2) is 11.5 Å². The van der Waals surface area contributed by atoms with Crippen LogP contribution in [0.4, 0.5) is 0 Å². The lowest BCUT2D eigenvalue weighted by Crippen LogP contribution is -2.43. The number of benzene rings is 2. The zero-order valence-corrected chi connectivity index (χ0v) is 20.3. The van der Waals surface area contributed by atoms with Crippen LogP contribution in [0.15, 0.2) is 69.8 Å². The minimum atomic E-state index is -0.237. The minimum absolute atomic E-state index is 0.0937. The summed E-state index contributed by atoms with van der Waals surface area (Å²) < 4.78 is 22.4. The van der Waals surface area contributed by atoms with Gasteiger partial charge in [0, 0.05) is 30.2 Å². The molecule has 178 valence electrons. The summed E-state index contributed by atoms with van der Waals surface area (Å²) in [5, 5.41) is 0. The second-order valence-electron chi connectivity index (χ2n) is 7.74. The summed E-state index contributed by atoms with van der Waals surface area (Å²) in [5.41, 5.74) is 1.38. The van der Waals surface area contributed by atoms with E-state index in [-0.39, 0.29) is 38.2 Å². The number of carbonyl (C=O) groups excluding carboxylic acids is 2. The van der Waals surface area contributed by atoms with Gasteiger partial charge in [-0.1, -0.05) is 22.0 Å². The number of ether oxygens (including phenoxy) is 3. The number of carbonyl (C=O) groups is 2. The maximum absolute atomic E-state index is 13.5. The van der Waals surface area contributed by atoms with Gasteiger partial charge in [0.25, 0.3) is 5.91 Å². The van der Waals surface area contributed by atoms with Crippen LogP contribution in [0.2, 0.25) is 0 Å². The van der Waals surface area contributed by atoms with Crippen molar-refractivity contribution >= 4 is 27.7 Å². The smallest absolute Gasteiger partial charge is 0.254 e. The topological polar surface area (TPSA) is 81.5 Å². The van der Waals surface area contributed by atoms with Crippen molar-refractivity contribution in [1.29, 1.82) is 0 Å². The average Bonchev–Trinajstić information content (AvgIpc) is 3.53. The van der Waals surface area contributed by atoms with Gasteiger partial charge >= 0.3 is 0 Å². The van der Waals surface area contributed by atoms with Gasteiger partial charge in [-0.05, 0) is 54.1 Å². The molecule has 0 bridgehead atoms. The summed E-state index contributed by atoms with van der Waals surface area (Å²) in [6, 6.07) is 16.2. The van der Waals surface area contributed by atoms with Gasteiger partial charge < -0.3 is 28.4 Å². The lowest BCUT2D eigenvalue weighted by Gasteiger charge is -2.27. The Hall–Kier alpha value is -3.30. The van der Waals surface area contributed by atoms with E-state index in [0.717, 1.165) is 10.0 Å². The Morgan fingerprint density at radius 3 is 2.53 bits per heavy atom. The Balaban J connectivity index is 1.53. The molecule has 2 aromatic carbocycles. The van der Waals surface area contributed by atoms with Gasteiger partial charge in [0.1, 0.15) is 12.3 Å². The Labute approximate surface area is 206 Å². The van der Waals surface area contributed by atoms with Crippen LogP contribution in [0.5, 0.6) is 11.5 Å². The molecule has 0 unspecified atom stereocenters. The van der Waals surface area contributed by atoms with Gasteiger partial charge in [0.2, 0.25) is 12.7 Å². The number of amides is 2. The molecular weight excluding hydrogens is 504 g/mol. The SMILES string of the molecule is COCCN(CC(=O)N(Cc1ccc2c(c1)OCO2)Cc1ccco1)C(=O)c1ccc(Br)cc1. The molecule has 2 heterocycles. The van der Waals surface area contributed by atoms with E-state index in [9.17, 15) is 9.59 Å². The first kappa shape index (κ1) is 23.8. The molecule has 0 N–H and O–H groups in total. The van der Waals surface area contributed by atoms with Crippen molar-refractivity contribution in [3.05, 3.63) is 82.2 Å². The summed E-state index contributed by atoms with van der Waals surface area (Å²) in [7, 11) is 1.56. The van der Waals surface area contributed by atoms with Crippen LogP contribution in [0.3, 0.4) is 0 Å². The molecule has 3 aromatic rings. The van der Waals surface area contributed by atoms with Crippen LogP contribution in [0, 0.1) is 0 Å². The number of hydrogen-bond donors (Lipinski definition) is 0. The molecule has 1 aliphatic heterocycles. The Morgan fingerprint density at radius 2 is 1.79 bits per heavy atom. The van der Waals surface area contributed by atoms with Gasteiger partial charge in [-0.15, -0.1) is 0 Å². The zero-order chi connectivity index (χ0) is 23.9. The maximum atomic E-state index is 13.5. The van der Waals surface area contributed by atoms with E-state index in [2.05, 4.69) is 15.9 Å². The third kappa shape index (κ3) is 5.98. The fourth-order valence-electron chi connectivity index (χ4n) is 3.57. The number of rotatable bonds is 10. The molecule has 1 aromatic heterocycles. The highest BCUT2D eigenvalue weighted by atomic mass is 79.9. The number of nitrogens with zero attached hydrogens (tertiary/aromatic N) is 2. The second kappa shape index (κ2) is 11.2. The molecule has 34 heavy (non-hydrogen) atoms. The van der Waals surface area contributed by atoms with Crippen molar-refractivity contribution in [3.63, 3.8) is 0 Å². The molecule has 0 radical (unpaired) electrons. The van der Waals surface area contributed by atoms with Crippen LogP contribution < -0.4 is 9.47 Å². The molecule has 0 fully saturated rings. The predicted octanol–water partition coefficient (Wildman–Crippen LogP) is 4.09. The predicted molar refractivity (Wildman–Crippen MR) is 127 cm³/mol. The van der Waals surface area contributed by atoms with Crippen molar-refractivity contribution in [1.82, 2.24) is 9.80 Å². The lowest BCUT2D eigenvalue weighted by atomic mass is 10.1. The van der Waals surface area contributed by atoms with Crippen LogP contribution >= 0.6 is 15.9 Å². The third-order valence-corrected chi connectivity index (χ3v) is 5.89.